The Hall–Kier alpha value is -2.57. The fraction of sp³-hybridized carbons (Fsp3) is 0.500. The highest BCUT2D eigenvalue weighted by molar-refractivity contribution is 5.75. The van der Waals surface area contributed by atoms with Gasteiger partial charge in [-0.25, -0.2) is 0 Å². The van der Waals surface area contributed by atoms with Gasteiger partial charge in [0.1, 0.15) is 22.8 Å². The van der Waals surface area contributed by atoms with E-state index in [0.717, 1.165) is 36.1 Å². The van der Waals surface area contributed by atoms with Crippen molar-refractivity contribution in [1.82, 2.24) is 15.0 Å². The molecule has 0 radical (unpaired) electrons. The molecule has 1 unspecified atom stereocenters. The molecule has 0 amide bonds. The second kappa shape index (κ2) is 6.97. The summed E-state index contributed by atoms with van der Waals surface area (Å²) in [6.45, 7) is 13.1. The van der Waals surface area contributed by atoms with E-state index in [2.05, 4.69) is 50.9 Å². The lowest BCUT2D eigenvalue weighted by atomic mass is 9.72. The molecule has 0 aliphatic carbocycles. The molecule has 0 spiro atoms. The van der Waals surface area contributed by atoms with Crippen LogP contribution in [0.3, 0.4) is 0 Å². The van der Waals surface area contributed by atoms with E-state index in [1.807, 2.05) is 13.0 Å². The lowest BCUT2D eigenvalue weighted by Crippen LogP contribution is -2.25. The topological polar surface area (TPSA) is 39.9 Å². The lowest BCUT2D eigenvalue weighted by molar-refractivity contribution is -0.137. The Balaban J connectivity index is 1.85. The Kier molecular flexibility index (Phi) is 4.87. The van der Waals surface area contributed by atoms with Gasteiger partial charge in [-0.05, 0) is 54.0 Å². The first kappa shape index (κ1) is 21.7. The van der Waals surface area contributed by atoms with Gasteiger partial charge < -0.3 is 4.74 Å². The lowest BCUT2D eigenvalue weighted by Gasteiger charge is -2.33. The number of nitrogens with zero attached hydrogens (tertiary/aromatic N) is 3. The Morgan fingerprint density at radius 2 is 1.65 bits per heavy atom. The Bertz CT molecular complexity index is 1140. The monoisotopic (exact) mass is 431 g/mol. The van der Waals surface area contributed by atoms with Gasteiger partial charge in [0.25, 0.3) is 0 Å². The highest BCUT2D eigenvalue weighted by Crippen LogP contribution is 2.42. The number of aromatic nitrogens is 3. The Labute approximate surface area is 180 Å². The normalized spacial score (nSPS) is 17.1. The maximum atomic E-state index is 13.1. The van der Waals surface area contributed by atoms with Crippen molar-refractivity contribution in [3.05, 3.63) is 47.0 Å². The molecule has 2 heterocycles. The number of ether oxygens (including phenoxy) is 1. The first-order valence-electron chi connectivity index (χ1n) is 10.5. The van der Waals surface area contributed by atoms with Gasteiger partial charge in [0, 0.05) is 12.0 Å². The molecule has 31 heavy (non-hydrogen) atoms. The molecule has 166 valence electrons. The molecule has 1 aliphatic rings. The molecule has 4 rings (SSSR count). The average molecular weight is 432 g/mol. The zero-order valence-corrected chi connectivity index (χ0v) is 18.8. The standard InChI is InChI=1S/C24H28F3N3O/c1-14-9-15-10-17(23(5,6)13-22(2,3)4)12-20(21(15)31-14)30-28-18-8-7-16(24(25,26)27)11-19(18)29-30/h7-8,10-12,14H,9,13H2,1-6H3. The summed E-state index contributed by atoms with van der Waals surface area (Å²) in [7, 11) is 0. The van der Waals surface area contributed by atoms with E-state index in [1.54, 1.807) is 0 Å². The Morgan fingerprint density at radius 3 is 2.29 bits per heavy atom. The number of fused-ring (bicyclic) bond motifs is 2. The van der Waals surface area contributed by atoms with Crippen LogP contribution in [0.4, 0.5) is 13.2 Å². The summed E-state index contributed by atoms with van der Waals surface area (Å²) in [6, 6.07) is 7.65. The van der Waals surface area contributed by atoms with E-state index < -0.39 is 11.7 Å². The summed E-state index contributed by atoms with van der Waals surface area (Å²) in [5.41, 5.74) is 2.81. The zero-order chi connectivity index (χ0) is 22.8. The molecule has 0 saturated carbocycles. The van der Waals surface area contributed by atoms with E-state index >= 15 is 0 Å². The van der Waals surface area contributed by atoms with Gasteiger partial charge >= 0.3 is 6.18 Å². The second-order valence-corrected chi connectivity index (χ2v) is 10.4. The molecular formula is C24H28F3N3O. The minimum Gasteiger partial charge on any atom is -0.488 e. The first-order valence-corrected chi connectivity index (χ1v) is 10.5. The number of hydrogen-bond acceptors (Lipinski definition) is 3. The third-order valence-corrected chi connectivity index (χ3v) is 5.65. The molecule has 3 aromatic rings. The van der Waals surface area contributed by atoms with E-state index in [1.165, 1.54) is 10.9 Å². The van der Waals surface area contributed by atoms with Gasteiger partial charge in [0.05, 0.1) is 5.56 Å². The molecule has 0 fully saturated rings. The van der Waals surface area contributed by atoms with Crippen LogP contribution in [0.2, 0.25) is 0 Å². The SMILES string of the molecule is CC1Cc2cc(C(C)(C)CC(C)(C)C)cc(-n3nc4ccc(C(F)(F)F)cc4n3)c2O1. The maximum Gasteiger partial charge on any atom is 0.416 e. The van der Waals surface area contributed by atoms with Crippen molar-refractivity contribution in [2.45, 2.75) is 72.1 Å². The highest BCUT2D eigenvalue weighted by Gasteiger charge is 2.33. The zero-order valence-electron chi connectivity index (χ0n) is 18.8. The molecule has 0 N–H and O–H groups in total. The second-order valence-electron chi connectivity index (χ2n) is 10.4. The summed E-state index contributed by atoms with van der Waals surface area (Å²) < 4.78 is 45.4. The average Bonchev–Trinajstić information content (AvgIpc) is 3.19. The summed E-state index contributed by atoms with van der Waals surface area (Å²) in [5, 5.41) is 8.85. The highest BCUT2D eigenvalue weighted by atomic mass is 19.4. The van der Waals surface area contributed by atoms with Crippen LogP contribution in [0, 0.1) is 5.41 Å². The van der Waals surface area contributed by atoms with E-state index in [-0.39, 0.29) is 22.5 Å². The minimum atomic E-state index is -4.42. The molecule has 1 atom stereocenters. The van der Waals surface area contributed by atoms with Crippen LogP contribution in [-0.2, 0) is 18.0 Å². The molecule has 0 saturated heterocycles. The summed E-state index contributed by atoms with van der Waals surface area (Å²) in [6.07, 6.45) is -2.65. The fourth-order valence-corrected chi connectivity index (χ4v) is 4.68. The predicted octanol–water partition coefficient (Wildman–Crippen LogP) is 6.48. The summed E-state index contributed by atoms with van der Waals surface area (Å²) in [4.78, 5) is 1.42. The van der Waals surface area contributed by atoms with Gasteiger partial charge in [-0.15, -0.1) is 15.0 Å². The van der Waals surface area contributed by atoms with Gasteiger partial charge in [-0.3, -0.25) is 0 Å². The van der Waals surface area contributed by atoms with Crippen LogP contribution in [0.25, 0.3) is 16.7 Å². The molecular weight excluding hydrogens is 403 g/mol. The van der Waals surface area contributed by atoms with Gasteiger partial charge in [-0.1, -0.05) is 40.7 Å². The van der Waals surface area contributed by atoms with Crippen LogP contribution in [0.1, 0.15) is 64.7 Å². The van der Waals surface area contributed by atoms with Crippen LogP contribution in [0.5, 0.6) is 5.75 Å². The van der Waals surface area contributed by atoms with Crippen molar-refractivity contribution in [3.8, 4) is 11.4 Å². The van der Waals surface area contributed by atoms with Crippen molar-refractivity contribution in [2.24, 2.45) is 5.41 Å². The third-order valence-electron chi connectivity index (χ3n) is 5.65. The predicted molar refractivity (Wildman–Crippen MR) is 115 cm³/mol. The van der Waals surface area contributed by atoms with E-state index in [4.69, 9.17) is 4.74 Å². The maximum absolute atomic E-state index is 13.1. The Morgan fingerprint density at radius 1 is 0.968 bits per heavy atom. The molecule has 4 nitrogen and oxygen atoms in total. The van der Waals surface area contributed by atoms with Crippen LogP contribution in [0.15, 0.2) is 30.3 Å². The molecule has 7 heteroatoms. The van der Waals surface area contributed by atoms with Crippen molar-refractivity contribution in [2.75, 3.05) is 0 Å². The molecule has 2 aromatic carbocycles. The number of benzene rings is 2. The van der Waals surface area contributed by atoms with Crippen molar-refractivity contribution in [1.29, 1.82) is 0 Å². The first-order chi connectivity index (χ1) is 14.2. The van der Waals surface area contributed by atoms with Gasteiger partial charge in [0.2, 0.25) is 0 Å². The van der Waals surface area contributed by atoms with Crippen molar-refractivity contribution >= 4 is 11.0 Å². The smallest absolute Gasteiger partial charge is 0.416 e. The number of alkyl halides is 3. The molecule has 0 bridgehead atoms. The third kappa shape index (κ3) is 4.27. The molecule has 1 aliphatic heterocycles. The van der Waals surface area contributed by atoms with Crippen LogP contribution >= 0.6 is 0 Å². The summed E-state index contributed by atoms with van der Waals surface area (Å²) in [5.74, 6) is 0.708. The number of halogens is 3. The number of hydrogen-bond donors (Lipinski definition) is 0. The fourth-order valence-electron chi connectivity index (χ4n) is 4.68. The van der Waals surface area contributed by atoms with E-state index in [0.29, 0.717) is 17.0 Å². The van der Waals surface area contributed by atoms with Gasteiger partial charge in [-0.2, -0.15) is 13.2 Å². The van der Waals surface area contributed by atoms with Crippen LogP contribution < -0.4 is 4.74 Å². The summed E-state index contributed by atoms with van der Waals surface area (Å²) >= 11 is 0. The van der Waals surface area contributed by atoms with Crippen molar-refractivity contribution in [3.63, 3.8) is 0 Å². The molecule has 1 aromatic heterocycles. The van der Waals surface area contributed by atoms with Gasteiger partial charge in [0.15, 0.2) is 5.75 Å². The largest absolute Gasteiger partial charge is 0.488 e. The van der Waals surface area contributed by atoms with E-state index in [9.17, 15) is 13.2 Å². The quantitative estimate of drug-likeness (QED) is 0.477. The minimum absolute atomic E-state index is 0.0246. The number of rotatable bonds is 3. The van der Waals surface area contributed by atoms with Crippen molar-refractivity contribution < 1.29 is 17.9 Å². The van der Waals surface area contributed by atoms with Crippen LogP contribution in [-0.4, -0.2) is 21.1 Å².